The van der Waals surface area contributed by atoms with Gasteiger partial charge in [-0.1, -0.05) is 0 Å². The van der Waals surface area contributed by atoms with Crippen molar-refractivity contribution in [2.24, 2.45) is 0 Å². The van der Waals surface area contributed by atoms with Gasteiger partial charge in [-0.15, -0.1) is 0 Å². The number of benzene rings is 1. The lowest BCUT2D eigenvalue weighted by Gasteiger charge is -2.09. The first-order chi connectivity index (χ1) is 10.2. The molecular formula is C13H10FN7. The van der Waals surface area contributed by atoms with Gasteiger partial charge in [0.05, 0.1) is 23.6 Å². The molecule has 0 amide bonds. The van der Waals surface area contributed by atoms with Gasteiger partial charge in [0.25, 0.3) is 0 Å². The van der Waals surface area contributed by atoms with Gasteiger partial charge in [-0.2, -0.15) is 15.2 Å². The molecule has 0 aliphatic heterocycles. The highest BCUT2D eigenvalue weighted by Gasteiger charge is 2.11. The van der Waals surface area contributed by atoms with Crippen molar-refractivity contribution >= 4 is 28.6 Å². The number of H-pyrrole nitrogens is 1. The third kappa shape index (κ3) is 2.32. The van der Waals surface area contributed by atoms with Crippen LogP contribution in [-0.4, -0.2) is 27.0 Å². The van der Waals surface area contributed by atoms with E-state index >= 15 is 0 Å². The first kappa shape index (κ1) is 12.8. The SMILES string of the molecule is CNc1nc(Nc2ccc(C#N)cc2F)c2[nH]cnc2n1. The maximum absolute atomic E-state index is 13.9. The number of aromatic amines is 1. The highest BCUT2D eigenvalue weighted by molar-refractivity contribution is 5.86. The Balaban J connectivity index is 2.05. The van der Waals surface area contributed by atoms with Crippen LogP contribution in [-0.2, 0) is 0 Å². The van der Waals surface area contributed by atoms with Crippen LogP contribution in [0.4, 0.5) is 21.8 Å². The summed E-state index contributed by atoms with van der Waals surface area (Å²) >= 11 is 0. The molecule has 0 spiro atoms. The third-order valence-electron chi connectivity index (χ3n) is 2.86. The van der Waals surface area contributed by atoms with Gasteiger partial charge in [0.15, 0.2) is 11.5 Å². The number of hydrogen-bond donors (Lipinski definition) is 3. The molecule has 0 saturated heterocycles. The Morgan fingerprint density at radius 3 is 2.90 bits per heavy atom. The Morgan fingerprint density at radius 2 is 2.19 bits per heavy atom. The lowest BCUT2D eigenvalue weighted by atomic mass is 10.2. The zero-order chi connectivity index (χ0) is 14.8. The molecule has 21 heavy (non-hydrogen) atoms. The Bertz CT molecular complexity index is 849. The normalized spacial score (nSPS) is 10.3. The molecule has 3 aromatic rings. The van der Waals surface area contributed by atoms with E-state index in [4.69, 9.17) is 5.26 Å². The monoisotopic (exact) mass is 283 g/mol. The molecule has 7 nitrogen and oxygen atoms in total. The minimum Gasteiger partial charge on any atom is -0.357 e. The second-order valence-corrected chi connectivity index (χ2v) is 4.18. The Morgan fingerprint density at radius 1 is 1.33 bits per heavy atom. The van der Waals surface area contributed by atoms with Gasteiger partial charge < -0.3 is 15.6 Å². The fourth-order valence-electron chi connectivity index (χ4n) is 1.85. The van der Waals surface area contributed by atoms with Gasteiger partial charge in [0.1, 0.15) is 11.3 Å². The van der Waals surface area contributed by atoms with Crippen LogP contribution in [0.15, 0.2) is 24.5 Å². The average molecular weight is 283 g/mol. The quantitative estimate of drug-likeness (QED) is 0.680. The maximum Gasteiger partial charge on any atom is 0.226 e. The van der Waals surface area contributed by atoms with E-state index in [0.717, 1.165) is 6.07 Å². The van der Waals surface area contributed by atoms with Crippen LogP contribution < -0.4 is 10.6 Å². The van der Waals surface area contributed by atoms with Crippen molar-refractivity contribution in [3.05, 3.63) is 35.9 Å². The number of nitriles is 1. The summed E-state index contributed by atoms with van der Waals surface area (Å²) < 4.78 is 13.9. The number of fused-ring (bicyclic) bond motifs is 1. The van der Waals surface area contributed by atoms with Gasteiger partial charge in [-0.05, 0) is 18.2 Å². The molecule has 0 aliphatic carbocycles. The van der Waals surface area contributed by atoms with E-state index in [1.54, 1.807) is 7.05 Å². The van der Waals surface area contributed by atoms with Gasteiger partial charge in [0, 0.05) is 7.05 Å². The highest BCUT2D eigenvalue weighted by Crippen LogP contribution is 2.24. The number of hydrogen-bond acceptors (Lipinski definition) is 6. The summed E-state index contributed by atoms with van der Waals surface area (Å²) in [5, 5.41) is 14.4. The number of nitrogens with zero attached hydrogens (tertiary/aromatic N) is 4. The summed E-state index contributed by atoms with van der Waals surface area (Å²) in [5.74, 6) is 0.225. The van der Waals surface area contributed by atoms with Gasteiger partial charge >= 0.3 is 0 Å². The van der Waals surface area contributed by atoms with E-state index in [-0.39, 0.29) is 11.3 Å². The Kier molecular flexibility index (Phi) is 3.08. The van der Waals surface area contributed by atoms with E-state index in [1.165, 1.54) is 18.5 Å². The minimum absolute atomic E-state index is 0.214. The number of rotatable bonds is 3. The number of aromatic nitrogens is 4. The highest BCUT2D eigenvalue weighted by atomic mass is 19.1. The smallest absolute Gasteiger partial charge is 0.226 e. The molecule has 0 atom stereocenters. The van der Waals surface area contributed by atoms with Gasteiger partial charge in [-0.3, -0.25) is 0 Å². The molecule has 3 N–H and O–H groups in total. The summed E-state index contributed by atoms with van der Waals surface area (Å²) in [7, 11) is 1.68. The Hall–Kier alpha value is -3.21. The molecule has 2 aromatic heterocycles. The van der Waals surface area contributed by atoms with Crippen molar-refractivity contribution < 1.29 is 4.39 Å². The van der Waals surface area contributed by atoms with E-state index < -0.39 is 5.82 Å². The second kappa shape index (κ2) is 5.05. The standard InChI is InChI=1S/C13H10FN7/c1-16-13-20-11-10(17-6-18-11)12(21-13)19-9-3-2-7(5-15)4-8(9)14/h2-4,6H,1H3,(H3,16,17,18,19,20,21). The van der Waals surface area contributed by atoms with Gasteiger partial charge in [-0.25, -0.2) is 9.37 Å². The first-order valence-electron chi connectivity index (χ1n) is 6.07. The summed E-state index contributed by atoms with van der Waals surface area (Å²) in [5.41, 5.74) is 1.50. The lowest BCUT2D eigenvalue weighted by Crippen LogP contribution is -2.03. The van der Waals surface area contributed by atoms with Crippen molar-refractivity contribution in [1.29, 1.82) is 5.26 Å². The predicted octanol–water partition coefficient (Wildman–Crippen LogP) is 2.15. The van der Waals surface area contributed by atoms with Crippen LogP contribution >= 0.6 is 0 Å². The van der Waals surface area contributed by atoms with Gasteiger partial charge in [0.2, 0.25) is 5.95 Å². The van der Waals surface area contributed by atoms with Crippen LogP contribution in [0.2, 0.25) is 0 Å². The van der Waals surface area contributed by atoms with E-state index in [9.17, 15) is 4.39 Å². The zero-order valence-corrected chi connectivity index (χ0v) is 11.0. The summed E-state index contributed by atoms with van der Waals surface area (Å²) in [6.07, 6.45) is 1.49. The third-order valence-corrected chi connectivity index (χ3v) is 2.86. The summed E-state index contributed by atoms with van der Waals surface area (Å²) in [4.78, 5) is 15.4. The maximum atomic E-state index is 13.9. The molecule has 0 unspecified atom stereocenters. The zero-order valence-electron chi connectivity index (χ0n) is 11.0. The van der Waals surface area contributed by atoms with E-state index in [2.05, 4.69) is 30.6 Å². The van der Waals surface area contributed by atoms with Crippen LogP contribution in [0.1, 0.15) is 5.56 Å². The molecule has 0 radical (unpaired) electrons. The van der Waals surface area contributed by atoms with E-state index in [1.807, 2.05) is 6.07 Å². The molecule has 0 fully saturated rings. The number of anilines is 3. The predicted molar refractivity (Wildman–Crippen MR) is 75.6 cm³/mol. The second-order valence-electron chi connectivity index (χ2n) is 4.18. The topological polar surface area (TPSA) is 102 Å². The van der Waals surface area contributed by atoms with Crippen LogP contribution in [0.25, 0.3) is 11.2 Å². The molecule has 0 aliphatic rings. The van der Waals surface area contributed by atoms with Crippen LogP contribution in [0.3, 0.4) is 0 Å². The molecular weight excluding hydrogens is 273 g/mol. The van der Waals surface area contributed by atoms with Crippen molar-refractivity contribution in [3.8, 4) is 6.07 Å². The number of imidazole rings is 1. The molecule has 0 saturated carbocycles. The number of nitrogens with one attached hydrogen (secondary N) is 3. The molecule has 3 rings (SSSR count). The fraction of sp³-hybridized carbons (Fsp3) is 0.0769. The van der Waals surface area contributed by atoms with Crippen molar-refractivity contribution in [1.82, 2.24) is 19.9 Å². The summed E-state index contributed by atoms with van der Waals surface area (Å²) in [6, 6.07) is 6.05. The first-order valence-corrected chi connectivity index (χ1v) is 6.07. The lowest BCUT2D eigenvalue weighted by molar-refractivity contribution is 0.631. The van der Waals surface area contributed by atoms with Crippen molar-refractivity contribution in [3.63, 3.8) is 0 Å². The van der Waals surface area contributed by atoms with Crippen molar-refractivity contribution in [2.75, 3.05) is 17.7 Å². The fourth-order valence-corrected chi connectivity index (χ4v) is 1.85. The Labute approximate surface area is 118 Å². The average Bonchev–Trinajstić information content (AvgIpc) is 2.97. The minimum atomic E-state index is -0.536. The molecule has 104 valence electrons. The molecule has 8 heteroatoms. The largest absolute Gasteiger partial charge is 0.357 e. The van der Waals surface area contributed by atoms with Crippen LogP contribution in [0, 0.1) is 17.1 Å². The molecule has 1 aromatic carbocycles. The van der Waals surface area contributed by atoms with Crippen molar-refractivity contribution in [2.45, 2.75) is 0 Å². The van der Waals surface area contributed by atoms with Crippen LogP contribution in [0.5, 0.6) is 0 Å². The van der Waals surface area contributed by atoms with E-state index in [0.29, 0.717) is 22.9 Å². The summed E-state index contributed by atoms with van der Waals surface area (Å²) in [6.45, 7) is 0. The number of halogens is 1. The molecule has 0 bridgehead atoms. The molecule has 2 heterocycles.